The van der Waals surface area contributed by atoms with E-state index in [0.29, 0.717) is 11.1 Å². The van der Waals surface area contributed by atoms with Crippen LogP contribution in [-0.4, -0.2) is 16.2 Å². The van der Waals surface area contributed by atoms with Gasteiger partial charge in [-0.1, -0.05) is 30.3 Å². The number of hydrogen-bond donors (Lipinski definition) is 2. The third-order valence-corrected chi connectivity index (χ3v) is 2.32. The van der Waals surface area contributed by atoms with Crippen molar-refractivity contribution in [1.82, 2.24) is 0 Å². The molecule has 0 aromatic heterocycles. The summed E-state index contributed by atoms with van der Waals surface area (Å²) in [5.41, 5.74) is 1.53. The van der Waals surface area contributed by atoms with E-state index in [1.54, 1.807) is 36.4 Å². The number of phenolic OH excluding ortho intramolecular Hbond substituents is 1. The predicted octanol–water partition coefficient (Wildman–Crippen LogP) is 2.76. The Morgan fingerprint density at radius 1 is 1.00 bits per heavy atom. The van der Waals surface area contributed by atoms with Gasteiger partial charge >= 0.3 is 5.97 Å². The van der Waals surface area contributed by atoms with Crippen LogP contribution >= 0.6 is 0 Å². The standard InChI is InChI=1S/C13H10O3/c14-12-7-2-1-6-11(12)9-4-3-5-10(8-9)13(15)16/h1-8,14H,(H,15,16). The number of carbonyl (C=O) groups is 1. The molecule has 0 amide bonds. The van der Waals surface area contributed by atoms with Crippen LogP contribution in [0.3, 0.4) is 0 Å². The summed E-state index contributed by atoms with van der Waals surface area (Å²) in [5.74, 6) is -0.831. The summed E-state index contributed by atoms with van der Waals surface area (Å²) in [5, 5.41) is 18.5. The Hall–Kier alpha value is -2.29. The Balaban J connectivity index is 2.53. The van der Waals surface area contributed by atoms with Crippen LogP contribution in [0.15, 0.2) is 48.5 Å². The third-order valence-electron chi connectivity index (χ3n) is 2.32. The first-order valence-corrected chi connectivity index (χ1v) is 4.80. The Bertz CT molecular complexity index is 532. The highest BCUT2D eigenvalue weighted by molar-refractivity contribution is 5.89. The van der Waals surface area contributed by atoms with E-state index in [-0.39, 0.29) is 11.3 Å². The number of carboxylic acids is 1. The summed E-state index contributed by atoms with van der Waals surface area (Å²) in [4.78, 5) is 10.8. The molecule has 16 heavy (non-hydrogen) atoms. The maximum atomic E-state index is 10.8. The maximum absolute atomic E-state index is 10.8. The van der Waals surface area contributed by atoms with Gasteiger partial charge in [0, 0.05) is 5.56 Å². The van der Waals surface area contributed by atoms with E-state index in [1.165, 1.54) is 12.1 Å². The maximum Gasteiger partial charge on any atom is 0.335 e. The lowest BCUT2D eigenvalue weighted by Crippen LogP contribution is -1.95. The molecule has 0 spiro atoms. The smallest absolute Gasteiger partial charge is 0.335 e. The van der Waals surface area contributed by atoms with E-state index in [0.717, 1.165) is 0 Å². The van der Waals surface area contributed by atoms with Crippen molar-refractivity contribution in [3.8, 4) is 16.9 Å². The van der Waals surface area contributed by atoms with Crippen LogP contribution in [0.5, 0.6) is 5.75 Å². The molecular formula is C13H10O3. The van der Waals surface area contributed by atoms with Crippen LogP contribution in [0.4, 0.5) is 0 Å². The summed E-state index contributed by atoms with van der Waals surface area (Å²) >= 11 is 0. The number of aromatic carboxylic acids is 1. The second-order valence-corrected chi connectivity index (χ2v) is 3.40. The zero-order valence-electron chi connectivity index (χ0n) is 8.42. The summed E-state index contributed by atoms with van der Waals surface area (Å²) in [6, 6.07) is 13.3. The SMILES string of the molecule is O=C(O)c1cccc(-c2ccccc2O)c1. The van der Waals surface area contributed by atoms with Crippen molar-refractivity contribution >= 4 is 5.97 Å². The number of aromatic hydroxyl groups is 1. The fourth-order valence-corrected chi connectivity index (χ4v) is 1.54. The molecule has 0 heterocycles. The topological polar surface area (TPSA) is 57.5 Å². The quantitative estimate of drug-likeness (QED) is 0.808. The molecule has 3 nitrogen and oxygen atoms in total. The average molecular weight is 214 g/mol. The zero-order chi connectivity index (χ0) is 11.5. The number of para-hydroxylation sites is 1. The summed E-state index contributed by atoms with van der Waals surface area (Å²) in [6.45, 7) is 0. The number of hydrogen-bond acceptors (Lipinski definition) is 2. The highest BCUT2D eigenvalue weighted by Gasteiger charge is 2.06. The van der Waals surface area contributed by atoms with Gasteiger partial charge < -0.3 is 10.2 Å². The molecule has 0 bridgehead atoms. The summed E-state index contributed by atoms with van der Waals surface area (Å²) in [6.07, 6.45) is 0. The van der Waals surface area contributed by atoms with Gasteiger partial charge in [-0.05, 0) is 23.8 Å². The Morgan fingerprint density at radius 3 is 2.44 bits per heavy atom. The molecule has 0 saturated carbocycles. The van der Waals surface area contributed by atoms with Gasteiger partial charge in [0.25, 0.3) is 0 Å². The molecule has 2 aromatic rings. The van der Waals surface area contributed by atoms with Gasteiger partial charge in [-0.2, -0.15) is 0 Å². The Kier molecular flexibility index (Phi) is 2.60. The van der Waals surface area contributed by atoms with E-state index < -0.39 is 5.97 Å². The molecule has 80 valence electrons. The first-order valence-electron chi connectivity index (χ1n) is 4.80. The molecule has 2 N–H and O–H groups in total. The van der Waals surface area contributed by atoms with Crippen LogP contribution in [0, 0.1) is 0 Å². The second-order valence-electron chi connectivity index (χ2n) is 3.40. The average Bonchev–Trinajstić information content (AvgIpc) is 2.30. The molecule has 0 fully saturated rings. The predicted molar refractivity (Wildman–Crippen MR) is 60.5 cm³/mol. The lowest BCUT2D eigenvalue weighted by molar-refractivity contribution is 0.0697. The van der Waals surface area contributed by atoms with E-state index in [4.69, 9.17) is 5.11 Å². The van der Waals surface area contributed by atoms with Crippen molar-refractivity contribution < 1.29 is 15.0 Å². The molecule has 0 atom stereocenters. The van der Waals surface area contributed by atoms with Gasteiger partial charge in [0.2, 0.25) is 0 Å². The highest BCUT2D eigenvalue weighted by Crippen LogP contribution is 2.28. The zero-order valence-corrected chi connectivity index (χ0v) is 8.42. The normalized spacial score (nSPS) is 10.0. The van der Waals surface area contributed by atoms with Crippen molar-refractivity contribution in [3.63, 3.8) is 0 Å². The number of benzene rings is 2. The minimum Gasteiger partial charge on any atom is -0.507 e. The molecule has 0 aliphatic rings. The van der Waals surface area contributed by atoms with Crippen LogP contribution in [0.1, 0.15) is 10.4 Å². The van der Waals surface area contributed by atoms with Gasteiger partial charge in [-0.3, -0.25) is 0 Å². The number of carboxylic acid groups (broad SMARTS) is 1. The van der Waals surface area contributed by atoms with Crippen molar-refractivity contribution in [2.75, 3.05) is 0 Å². The van der Waals surface area contributed by atoms with Crippen LogP contribution in [0.25, 0.3) is 11.1 Å². The molecule has 0 radical (unpaired) electrons. The van der Waals surface area contributed by atoms with Gasteiger partial charge in [0.15, 0.2) is 0 Å². The van der Waals surface area contributed by atoms with E-state index in [1.807, 2.05) is 0 Å². The molecule has 2 rings (SSSR count). The molecular weight excluding hydrogens is 204 g/mol. The highest BCUT2D eigenvalue weighted by atomic mass is 16.4. The van der Waals surface area contributed by atoms with Gasteiger partial charge in [-0.25, -0.2) is 4.79 Å². The van der Waals surface area contributed by atoms with Gasteiger partial charge in [0.1, 0.15) is 5.75 Å². The summed E-state index contributed by atoms with van der Waals surface area (Å²) in [7, 11) is 0. The minimum absolute atomic E-state index is 0.144. The number of phenols is 1. The fraction of sp³-hybridized carbons (Fsp3) is 0. The van der Waals surface area contributed by atoms with Gasteiger partial charge in [0.05, 0.1) is 5.56 Å². The fourth-order valence-electron chi connectivity index (χ4n) is 1.54. The lowest BCUT2D eigenvalue weighted by Gasteiger charge is -2.05. The van der Waals surface area contributed by atoms with Gasteiger partial charge in [-0.15, -0.1) is 0 Å². The molecule has 0 aliphatic heterocycles. The molecule has 0 unspecified atom stereocenters. The summed E-state index contributed by atoms with van der Waals surface area (Å²) < 4.78 is 0. The lowest BCUT2D eigenvalue weighted by atomic mass is 10.0. The largest absolute Gasteiger partial charge is 0.507 e. The van der Waals surface area contributed by atoms with E-state index >= 15 is 0 Å². The molecule has 3 heteroatoms. The molecule has 0 saturated heterocycles. The van der Waals surface area contributed by atoms with Crippen LogP contribution < -0.4 is 0 Å². The first kappa shape index (κ1) is 10.2. The third kappa shape index (κ3) is 1.88. The minimum atomic E-state index is -0.975. The number of rotatable bonds is 2. The van der Waals surface area contributed by atoms with E-state index in [2.05, 4.69) is 0 Å². The van der Waals surface area contributed by atoms with Crippen molar-refractivity contribution in [2.45, 2.75) is 0 Å². The molecule has 2 aromatic carbocycles. The first-order chi connectivity index (χ1) is 7.68. The second kappa shape index (κ2) is 4.06. The monoisotopic (exact) mass is 214 g/mol. The Labute approximate surface area is 92.6 Å². The van der Waals surface area contributed by atoms with E-state index in [9.17, 15) is 9.90 Å². The van der Waals surface area contributed by atoms with Crippen molar-refractivity contribution in [3.05, 3.63) is 54.1 Å². The van der Waals surface area contributed by atoms with Crippen molar-refractivity contribution in [2.24, 2.45) is 0 Å². The van der Waals surface area contributed by atoms with Crippen molar-refractivity contribution in [1.29, 1.82) is 0 Å². The van der Waals surface area contributed by atoms with Crippen LogP contribution in [-0.2, 0) is 0 Å². The van der Waals surface area contributed by atoms with Crippen LogP contribution in [0.2, 0.25) is 0 Å². The molecule has 0 aliphatic carbocycles. The Morgan fingerprint density at radius 2 is 1.75 bits per heavy atom.